The quantitative estimate of drug-likeness (QED) is 0.569. The maximum atomic E-state index is 12.3. The van der Waals surface area contributed by atoms with Crippen molar-refractivity contribution in [3.05, 3.63) is 57.2 Å². The van der Waals surface area contributed by atoms with Crippen molar-refractivity contribution in [1.29, 1.82) is 0 Å². The van der Waals surface area contributed by atoms with Crippen LogP contribution in [0.4, 0.5) is 5.82 Å². The van der Waals surface area contributed by atoms with E-state index in [4.69, 9.17) is 11.6 Å². The predicted octanol–water partition coefficient (Wildman–Crippen LogP) is 2.18. The van der Waals surface area contributed by atoms with Gasteiger partial charge >= 0.3 is 5.82 Å². The van der Waals surface area contributed by atoms with E-state index in [0.717, 1.165) is 24.7 Å². The molecule has 9 heteroatoms. The van der Waals surface area contributed by atoms with Crippen LogP contribution in [0.5, 0.6) is 0 Å². The van der Waals surface area contributed by atoms with Gasteiger partial charge < -0.3 is 15.0 Å². The van der Waals surface area contributed by atoms with Crippen LogP contribution in [0.1, 0.15) is 12.0 Å². The Morgan fingerprint density at radius 3 is 2.46 bits per heavy atom. The number of aromatic nitrogens is 2. The van der Waals surface area contributed by atoms with Crippen molar-refractivity contribution in [3.63, 3.8) is 0 Å². The SMILES string of the molecule is O=C(CCn1ccc([N+](=O)[O-])n1)N1CCN(Cc2ccc(Cl)cc2)CC1. The highest BCUT2D eigenvalue weighted by Crippen LogP contribution is 2.13. The standard InChI is InChI=1S/C17H20ClN5O3/c18-15-3-1-14(2-4-15)13-20-9-11-21(12-10-20)17(24)6-8-22-7-5-16(19-22)23(25)26/h1-5,7H,6,8-13H2. The number of piperazine rings is 1. The fourth-order valence-electron chi connectivity index (χ4n) is 2.94. The zero-order chi connectivity index (χ0) is 18.5. The molecule has 0 bridgehead atoms. The van der Waals surface area contributed by atoms with Crippen molar-refractivity contribution < 1.29 is 9.72 Å². The molecule has 0 saturated carbocycles. The summed E-state index contributed by atoms with van der Waals surface area (Å²) in [6.07, 6.45) is 1.81. The van der Waals surface area contributed by atoms with Crippen LogP contribution in [0.15, 0.2) is 36.5 Å². The zero-order valence-electron chi connectivity index (χ0n) is 14.3. The van der Waals surface area contributed by atoms with E-state index in [0.29, 0.717) is 19.6 Å². The second-order valence-electron chi connectivity index (χ2n) is 6.23. The number of carbonyl (C=O) groups excluding carboxylic acids is 1. The minimum absolute atomic E-state index is 0.0503. The van der Waals surface area contributed by atoms with Gasteiger partial charge in [-0.1, -0.05) is 23.7 Å². The first-order valence-electron chi connectivity index (χ1n) is 8.44. The zero-order valence-corrected chi connectivity index (χ0v) is 15.0. The molecule has 0 atom stereocenters. The summed E-state index contributed by atoms with van der Waals surface area (Å²) in [7, 11) is 0. The minimum Gasteiger partial charge on any atom is -0.358 e. The molecule has 1 amide bonds. The van der Waals surface area contributed by atoms with Gasteiger partial charge in [-0.2, -0.15) is 4.68 Å². The summed E-state index contributed by atoms with van der Waals surface area (Å²) in [4.78, 5) is 26.6. The largest absolute Gasteiger partial charge is 0.389 e. The number of hydrogen-bond donors (Lipinski definition) is 0. The monoisotopic (exact) mass is 377 g/mol. The summed E-state index contributed by atoms with van der Waals surface area (Å²) in [6, 6.07) is 9.14. The second-order valence-corrected chi connectivity index (χ2v) is 6.66. The third-order valence-corrected chi connectivity index (χ3v) is 4.66. The fraction of sp³-hybridized carbons (Fsp3) is 0.412. The Bertz CT molecular complexity index is 769. The smallest absolute Gasteiger partial charge is 0.358 e. The van der Waals surface area contributed by atoms with Gasteiger partial charge in [-0.25, -0.2) is 0 Å². The molecule has 1 aromatic heterocycles. The fourth-order valence-corrected chi connectivity index (χ4v) is 3.07. The lowest BCUT2D eigenvalue weighted by molar-refractivity contribution is -0.389. The van der Waals surface area contributed by atoms with E-state index in [1.807, 2.05) is 29.2 Å². The summed E-state index contributed by atoms with van der Waals surface area (Å²) in [5.41, 5.74) is 1.20. The van der Waals surface area contributed by atoms with Gasteiger partial charge in [-0.15, -0.1) is 0 Å². The van der Waals surface area contributed by atoms with Gasteiger partial charge in [0.15, 0.2) is 0 Å². The van der Waals surface area contributed by atoms with Gasteiger partial charge in [0.25, 0.3) is 0 Å². The molecular weight excluding hydrogens is 358 g/mol. The molecule has 2 heterocycles. The molecule has 1 aromatic carbocycles. The van der Waals surface area contributed by atoms with E-state index < -0.39 is 4.92 Å². The van der Waals surface area contributed by atoms with E-state index >= 15 is 0 Å². The maximum absolute atomic E-state index is 12.3. The number of nitrogens with zero attached hydrogens (tertiary/aromatic N) is 5. The van der Waals surface area contributed by atoms with Crippen molar-refractivity contribution in [2.24, 2.45) is 0 Å². The van der Waals surface area contributed by atoms with Crippen LogP contribution in [0, 0.1) is 10.1 Å². The average molecular weight is 378 g/mol. The summed E-state index contributed by atoms with van der Waals surface area (Å²) < 4.78 is 1.44. The van der Waals surface area contributed by atoms with Gasteiger partial charge in [-0.3, -0.25) is 9.69 Å². The van der Waals surface area contributed by atoms with Gasteiger partial charge in [0.05, 0.1) is 23.9 Å². The van der Waals surface area contributed by atoms with Crippen molar-refractivity contribution >= 4 is 23.3 Å². The first-order chi connectivity index (χ1) is 12.5. The first-order valence-corrected chi connectivity index (χ1v) is 8.81. The van der Waals surface area contributed by atoms with Crippen molar-refractivity contribution in [3.8, 4) is 0 Å². The minimum atomic E-state index is -0.543. The Labute approximate surface area is 156 Å². The highest BCUT2D eigenvalue weighted by atomic mass is 35.5. The Morgan fingerprint density at radius 2 is 1.85 bits per heavy atom. The molecule has 0 radical (unpaired) electrons. The second kappa shape index (κ2) is 8.29. The number of carbonyl (C=O) groups is 1. The van der Waals surface area contributed by atoms with E-state index in [1.165, 1.54) is 22.5 Å². The molecule has 1 saturated heterocycles. The van der Waals surface area contributed by atoms with Gasteiger partial charge in [0, 0.05) is 44.2 Å². The first kappa shape index (κ1) is 18.3. The summed E-state index contributed by atoms with van der Waals surface area (Å²) >= 11 is 5.90. The number of aryl methyl sites for hydroxylation is 1. The van der Waals surface area contributed by atoms with Crippen LogP contribution < -0.4 is 0 Å². The number of hydrogen-bond acceptors (Lipinski definition) is 5. The Kier molecular flexibility index (Phi) is 5.85. The van der Waals surface area contributed by atoms with Gasteiger partial charge in [0.1, 0.15) is 0 Å². The molecule has 0 N–H and O–H groups in total. The molecule has 26 heavy (non-hydrogen) atoms. The van der Waals surface area contributed by atoms with Crippen LogP contribution >= 0.6 is 11.6 Å². The third kappa shape index (κ3) is 4.80. The average Bonchev–Trinajstić information content (AvgIpc) is 3.12. The molecule has 2 aromatic rings. The topological polar surface area (TPSA) is 84.5 Å². The lowest BCUT2D eigenvalue weighted by atomic mass is 10.2. The van der Waals surface area contributed by atoms with Crippen LogP contribution in [-0.2, 0) is 17.9 Å². The maximum Gasteiger partial charge on any atom is 0.389 e. The van der Waals surface area contributed by atoms with Gasteiger partial charge in [-0.05, 0) is 22.6 Å². The Balaban J connectivity index is 1.42. The van der Waals surface area contributed by atoms with Gasteiger partial charge in [0.2, 0.25) is 5.91 Å². The summed E-state index contributed by atoms with van der Waals surface area (Å²) in [5.74, 6) is -0.150. The number of benzene rings is 1. The molecule has 3 rings (SSSR count). The highest BCUT2D eigenvalue weighted by Gasteiger charge is 2.21. The van der Waals surface area contributed by atoms with Crippen LogP contribution in [0.3, 0.4) is 0 Å². The van der Waals surface area contributed by atoms with Crippen molar-refractivity contribution in [2.45, 2.75) is 19.5 Å². The predicted molar refractivity (Wildman–Crippen MR) is 96.8 cm³/mol. The lowest BCUT2D eigenvalue weighted by Crippen LogP contribution is -2.48. The lowest BCUT2D eigenvalue weighted by Gasteiger charge is -2.34. The highest BCUT2D eigenvalue weighted by molar-refractivity contribution is 6.30. The molecule has 0 unspecified atom stereocenters. The van der Waals surface area contributed by atoms with Crippen molar-refractivity contribution in [2.75, 3.05) is 26.2 Å². The Hall–Kier alpha value is -2.45. The molecular formula is C17H20ClN5O3. The van der Waals surface area contributed by atoms with Crippen LogP contribution in [0.25, 0.3) is 0 Å². The van der Waals surface area contributed by atoms with Crippen LogP contribution in [-0.4, -0.2) is 56.6 Å². The normalized spacial score (nSPS) is 15.2. The summed E-state index contributed by atoms with van der Waals surface area (Å²) in [5, 5.41) is 15.2. The van der Waals surface area contributed by atoms with E-state index in [9.17, 15) is 14.9 Å². The van der Waals surface area contributed by atoms with E-state index in [-0.39, 0.29) is 18.1 Å². The molecule has 138 valence electrons. The van der Waals surface area contributed by atoms with E-state index in [2.05, 4.69) is 10.00 Å². The third-order valence-electron chi connectivity index (χ3n) is 4.41. The molecule has 1 aliphatic rings. The number of rotatable bonds is 6. The van der Waals surface area contributed by atoms with E-state index in [1.54, 1.807) is 0 Å². The molecule has 1 aliphatic heterocycles. The molecule has 1 fully saturated rings. The molecule has 0 aliphatic carbocycles. The molecule has 0 spiro atoms. The Morgan fingerprint density at radius 1 is 1.15 bits per heavy atom. The number of nitro groups is 1. The number of amides is 1. The molecule has 8 nitrogen and oxygen atoms in total. The van der Waals surface area contributed by atoms with Crippen molar-refractivity contribution in [1.82, 2.24) is 19.6 Å². The summed E-state index contributed by atoms with van der Waals surface area (Å²) in [6.45, 7) is 4.20. The van der Waals surface area contributed by atoms with Crippen LogP contribution in [0.2, 0.25) is 5.02 Å². The number of halogens is 1.